The van der Waals surface area contributed by atoms with Gasteiger partial charge in [-0.1, -0.05) is 30.3 Å². The quantitative estimate of drug-likeness (QED) is 0.281. The summed E-state index contributed by atoms with van der Waals surface area (Å²) in [4.78, 5) is 28.7. The maximum Gasteiger partial charge on any atom is 0.229 e. The SMILES string of the molecule is COc1ccc([C@@H]2[C@@H](C(=O)Nc3ccc(Oc4ccccc4)cc3)CCC(=O)N2c2ccc(OC)cc2)cc1. The molecule has 0 bridgehead atoms. The molecule has 2 amide bonds. The Hall–Kier alpha value is -4.78. The highest BCUT2D eigenvalue weighted by Gasteiger charge is 2.41. The van der Waals surface area contributed by atoms with Crippen molar-refractivity contribution in [3.8, 4) is 23.0 Å². The van der Waals surface area contributed by atoms with Crippen LogP contribution in [-0.4, -0.2) is 26.0 Å². The number of para-hydroxylation sites is 1. The fourth-order valence-electron chi connectivity index (χ4n) is 4.86. The Bertz CT molecular complexity index is 1400. The lowest BCUT2D eigenvalue weighted by Crippen LogP contribution is -2.46. The number of carbonyl (C=O) groups is 2. The van der Waals surface area contributed by atoms with Crippen molar-refractivity contribution < 1.29 is 23.8 Å². The summed E-state index contributed by atoms with van der Waals surface area (Å²) >= 11 is 0. The van der Waals surface area contributed by atoms with Crippen LogP contribution in [0.5, 0.6) is 23.0 Å². The van der Waals surface area contributed by atoms with Gasteiger partial charge in [0.25, 0.3) is 0 Å². The molecule has 0 radical (unpaired) electrons. The largest absolute Gasteiger partial charge is 0.497 e. The lowest BCUT2D eigenvalue weighted by Gasteiger charge is -2.41. The second kappa shape index (κ2) is 11.7. The van der Waals surface area contributed by atoms with Crippen LogP contribution in [-0.2, 0) is 9.59 Å². The third-order valence-corrected chi connectivity index (χ3v) is 6.84. The minimum atomic E-state index is -0.494. The predicted molar refractivity (Wildman–Crippen MR) is 151 cm³/mol. The number of rotatable bonds is 8. The molecule has 0 spiro atoms. The molecule has 7 nitrogen and oxygen atoms in total. The molecule has 39 heavy (non-hydrogen) atoms. The van der Waals surface area contributed by atoms with Crippen molar-refractivity contribution in [3.63, 3.8) is 0 Å². The fraction of sp³-hybridized carbons (Fsp3) is 0.188. The lowest BCUT2D eigenvalue weighted by atomic mass is 9.83. The monoisotopic (exact) mass is 522 g/mol. The molecule has 198 valence electrons. The number of anilines is 2. The number of piperidine rings is 1. The molecule has 0 unspecified atom stereocenters. The van der Waals surface area contributed by atoms with Crippen LogP contribution in [0.1, 0.15) is 24.4 Å². The maximum absolute atomic E-state index is 13.7. The van der Waals surface area contributed by atoms with Gasteiger partial charge >= 0.3 is 0 Å². The van der Waals surface area contributed by atoms with Crippen molar-refractivity contribution in [3.05, 3.63) is 109 Å². The highest BCUT2D eigenvalue weighted by atomic mass is 16.5. The van der Waals surface area contributed by atoms with Crippen LogP contribution >= 0.6 is 0 Å². The molecule has 4 aromatic rings. The minimum Gasteiger partial charge on any atom is -0.497 e. The molecule has 0 aliphatic carbocycles. The first kappa shape index (κ1) is 25.9. The number of hydrogen-bond acceptors (Lipinski definition) is 5. The molecule has 1 N–H and O–H groups in total. The first-order valence-corrected chi connectivity index (χ1v) is 12.8. The van der Waals surface area contributed by atoms with E-state index in [0.717, 1.165) is 11.3 Å². The van der Waals surface area contributed by atoms with Crippen LogP contribution in [0.2, 0.25) is 0 Å². The van der Waals surface area contributed by atoms with Crippen molar-refractivity contribution >= 4 is 23.2 Å². The number of hydrogen-bond donors (Lipinski definition) is 1. The Balaban J connectivity index is 1.41. The van der Waals surface area contributed by atoms with Gasteiger partial charge in [0, 0.05) is 17.8 Å². The Morgan fingerprint density at radius 3 is 1.92 bits per heavy atom. The summed E-state index contributed by atoms with van der Waals surface area (Å²) < 4.78 is 16.5. The van der Waals surface area contributed by atoms with E-state index < -0.39 is 12.0 Å². The number of nitrogens with zero attached hydrogens (tertiary/aromatic N) is 1. The summed E-state index contributed by atoms with van der Waals surface area (Å²) in [7, 11) is 3.21. The number of amides is 2. The van der Waals surface area contributed by atoms with Crippen LogP contribution in [0.3, 0.4) is 0 Å². The van der Waals surface area contributed by atoms with Gasteiger partial charge in [-0.25, -0.2) is 0 Å². The zero-order valence-electron chi connectivity index (χ0n) is 21.9. The molecule has 1 saturated heterocycles. The molecule has 7 heteroatoms. The third kappa shape index (κ3) is 5.88. The number of ether oxygens (including phenoxy) is 3. The number of benzene rings is 4. The summed E-state index contributed by atoms with van der Waals surface area (Å²) in [5.41, 5.74) is 2.22. The Kier molecular flexibility index (Phi) is 7.78. The van der Waals surface area contributed by atoms with Crippen molar-refractivity contribution in [1.82, 2.24) is 0 Å². The highest BCUT2D eigenvalue weighted by molar-refractivity contribution is 6.00. The molecule has 2 atom stereocenters. The zero-order valence-corrected chi connectivity index (χ0v) is 21.9. The van der Waals surface area contributed by atoms with E-state index in [0.29, 0.717) is 35.0 Å². The second-order valence-electron chi connectivity index (χ2n) is 9.25. The van der Waals surface area contributed by atoms with Crippen molar-refractivity contribution in [2.45, 2.75) is 18.9 Å². The number of nitrogens with one attached hydrogen (secondary N) is 1. The summed E-state index contributed by atoms with van der Waals surface area (Å²) in [6.07, 6.45) is 0.698. The summed E-state index contributed by atoms with van der Waals surface area (Å²) in [5, 5.41) is 3.05. The predicted octanol–water partition coefficient (Wildman–Crippen LogP) is 6.62. The normalized spacial score (nSPS) is 16.9. The van der Waals surface area contributed by atoms with E-state index in [2.05, 4.69) is 5.32 Å². The molecule has 0 saturated carbocycles. The van der Waals surface area contributed by atoms with Gasteiger partial charge in [0.1, 0.15) is 23.0 Å². The second-order valence-corrected chi connectivity index (χ2v) is 9.25. The fourth-order valence-corrected chi connectivity index (χ4v) is 4.86. The molecule has 1 fully saturated rings. The summed E-state index contributed by atoms with van der Waals surface area (Å²) in [6, 6.07) is 31.1. The van der Waals surface area contributed by atoms with Gasteiger partial charge in [-0.2, -0.15) is 0 Å². The maximum atomic E-state index is 13.7. The molecular formula is C32H30N2O5. The first-order chi connectivity index (χ1) is 19.1. The van der Waals surface area contributed by atoms with Gasteiger partial charge in [-0.15, -0.1) is 0 Å². The van der Waals surface area contributed by atoms with Gasteiger partial charge in [-0.3, -0.25) is 9.59 Å². The number of carbonyl (C=O) groups excluding carboxylic acids is 2. The molecule has 1 aliphatic rings. The van der Waals surface area contributed by atoms with Crippen molar-refractivity contribution in [2.24, 2.45) is 5.92 Å². The smallest absolute Gasteiger partial charge is 0.229 e. The van der Waals surface area contributed by atoms with Crippen molar-refractivity contribution in [2.75, 3.05) is 24.4 Å². The Morgan fingerprint density at radius 2 is 1.31 bits per heavy atom. The number of methoxy groups -OCH3 is 2. The Labute approximate surface area is 227 Å². The highest BCUT2D eigenvalue weighted by Crippen LogP contribution is 2.41. The third-order valence-electron chi connectivity index (χ3n) is 6.84. The summed E-state index contributed by atoms with van der Waals surface area (Å²) in [5.74, 6) is 2.14. The van der Waals surface area contributed by atoms with Gasteiger partial charge in [0.15, 0.2) is 0 Å². The van der Waals surface area contributed by atoms with Crippen LogP contribution < -0.4 is 24.4 Å². The topological polar surface area (TPSA) is 77.1 Å². The van der Waals surface area contributed by atoms with Gasteiger partial charge in [0.05, 0.1) is 26.2 Å². The molecule has 1 aliphatic heterocycles. The zero-order chi connectivity index (χ0) is 27.2. The van der Waals surface area contributed by atoms with E-state index in [1.807, 2.05) is 103 Å². The molecule has 4 aromatic carbocycles. The van der Waals surface area contributed by atoms with Gasteiger partial charge in [-0.05, 0) is 84.8 Å². The Morgan fingerprint density at radius 1 is 0.744 bits per heavy atom. The molecule has 0 aromatic heterocycles. The first-order valence-electron chi connectivity index (χ1n) is 12.8. The van der Waals surface area contributed by atoms with E-state index in [1.54, 1.807) is 19.1 Å². The van der Waals surface area contributed by atoms with Crippen LogP contribution in [0.4, 0.5) is 11.4 Å². The van der Waals surface area contributed by atoms with Crippen LogP contribution in [0.25, 0.3) is 0 Å². The van der Waals surface area contributed by atoms with Gasteiger partial charge < -0.3 is 24.4 Å². The van der Waals surface area contributed by atoms with E-state index in [-0.39, 0.29) is 18.2 Å². The van der Waals surface area contributed by atoms with Crippen molar-refractivity contribution in [1.29, 1.82) is 0 Å². The van der Waals surface area contributed by atoms with Gasteiger partial charge in [0.2, 0.25) is 11.8 Å². The minimum absolute atomic E-state index is 0.0348. The standard InChI is InChI=1S/C32H30N2O5/c1-37-25-14-8-22(9-15-25)31-29(20-21-30(35)34(31)24-12-18-26(38-2)19-13-24)32(36)33-23-10-16-28(17-11-23)39-27-6-4-3-5-7-27/h3-19,29,31H,20-21H2,1-2H3,(H,33,36)/t29-,31+/m0/s1. The molecule has 5 rings (SSSR count). The summed E-state index contributed by atoms with van der Waals surface area (Å²) in [6.45, 7) is 0. The van der Waals surface area contributed by atoms with E-state index in [4.69, 9.17) is 14.2 Å². The van der Waals surface area contributed by atoms with E-state index >= 15 is 0 Å². The lowest BCUT2D eigenvalue weighted by molar-refractivity contribution is -0.125. The van der Waals surface area contributed by atoms with E-state index in [1.165, 1.54) is 0 Å². The van der Waals surface area contributed by atoms with E-state index in [9.17, 15) is 9.59 Å². The average Bonchev–Trinajstić information content (AvgIpc) is 2.98. The average molecular weight is 523 g/mol. The van der Waals surface area contributed by atoms with Crippen LogP contribution in [0, 0.1) is 5.92 Å². The molecule has 1 heterocycles. The van der Waals surface area contributed by atoms with Crippen LogP contribution in [0.15, 0.2) is 103 Å². The molecular weight excluding hydrogens is 492 g/mol.